The second kappa shape index (κ2) is 7.63. The molecule has 28 heavy (non-hydrogen) atoms. The predicted molar refractivity (Wildman–Crippen MR) is 107 cm³/mol. The lowest BCUT2D eigenvalue weighted by Crippen LogP contribution is -2.36. The molecule has 1 aromatic carbocycles. The van der Waals surface area contributed by atoms with Gasteiger partial charge in [0.2, 0.25) is 0 Å². The summed E-state index contributed by atoms with van der Waals surface area (Å²) >= 11 is 0. The van der Waals surface area contributed by atoms with E-state index in [2.05, 4.69) is 26.0 Å². The van der Waals surface area contributed by atoms with Crippen LogP contribution in [0.15, 0.2) is 24.4 Å². The first-order chi connectivity index (χ1) is 13.5. The third-order valence-electron chi connectivity index (χ3n) is 4.64. The Morgan fingerprint density at radius 1 is 1.07 bits per heavy atom. The maximum atomic E-state index is 5.96. The number of rotatable bonds is 5. The molecule has 4 rings (SSSR count). The molecule has 1 fully saturated rings. The summed E-state index contributed by atoms with van der Waals surface area (Å²) in [6, 6.07) is 6.34. The first-order valence-corrected chi connectivity index (χ1v) is 9.46. The second-order valence-corrected chi connectivity index (χ2v) is 7.07. The third kappa shape index (κ3) is 3.60. The number of anilines is 1. The molecule has 1 aliphatic heterocycles. The number of ether oxygens (including phenoxy) is 3. The van der Waals surface area contributed by atoms with Gasteiger partial charge in [0.25, 0.3) is 0 Å². The molecule has 148 valence electrons. The molecule has 0 aliphatic carbocycles. The highest BCUT2D eigenvalue weighted by molar-refractivity contribution is 5.83. The Labute approximate surface area is 164 Å². The standard InChI is InChI=1S/C20H25N5O3/c1-13(2)28-17-10-16-15(9-14(17)3)12-21-25(16)19-11-18(22-20(23-19)26-4)24-5-7-27-8-6-24/h9-13H,5-8H2,1-4H3. The van der Waals surface area contributed by atoms with Gasteiger partial charge in [-0.1, -0.05) is 0 Å². The van der Waals surface area contributed by atoms with Gasteiger partial charge in [0, 0.05) is 30.6 Å². The summed E-state index contributed by atoms with van der Waals surface area (Å²) in [6.07, 6.45) is 1.93. The Hall–Kier alpha value is -2.87. The van der Waals surface area contributed by atoms with E-state index in [0.717, 1.165) is 41.1 Å². The highest BCUT2D eigenvalue weighted by Gasteiger charge is 2.18. The molecule has 0 saturated carbocycles. The second-order valence-electron chi connectivity index (χ2n) is 7.07. The maximum Gasteiger partial charge on any atom is 0.320 e. The Morgan fingerprint density at radius 3 is 2.54 bits per heavy atom. The third-order valence-corrected chi connectivity index (χ3v) is 4.64. The smallest absolute Gasteiger partial charge is 0.320 e. The minimum Gasteiger partial charge on any atom is -0.491 e. The molecule has 0 atom stereocenters. The van der Waals surface area contributed by atoms with Crippen LogP contribution in [0.4, 0.5) is 5.82 Å². The molecule has 1 saturated heterocycles. The van der Waals surface area contributed by atoms with Gasteiger partial charge in [-0.3, -0.25) is 0 Å². The van der Waals surface area contributed by atoms with Crippen LogP contribution in [0.3, 0.4) is 0 Å². The molecule has 2 aromatic heterocycles. The van der Waals surface area contributed by atoms with Gasteiger partial charge in [0.05, 0.1) is 38.1 Å². The van der Waals surface area contributed by atoms with Crippen molar-refractivity contribution in [3.8, 4) is 17.6 Å². The highest BCUT2D eigenvalue weighted by atomic mass is 16.5. The lowest BCUT2D eigenvalue weighted by Gasteiger charge is -2.28. The van der Waals surface area contributed by atoms with Gasteiger partial charge in [-0.2, -0.15) is 15.1 Å². The molecule has 8 nitrogen and oxygen atoms in total. The molecule has 0 radical (unpaired) electrons. The average Bonchev–Trinajstić information content (AvgIpc) is 3.10. The van der Waals surface area contributed by atoms with Crippen LogP contribution in [0, 0.1) is 6.92 Å². The van der Waals surface area contributed by atoms with Gasteiger partial charge < -0.3 is 19.1 Å². The van der Waals surface area contributed by atoms with E-state index in [0.29, 0.717) is 25.0 Å². The van der Waals surface area contributed by atoms with Crippen molar-refractivity contribution in [2.75, 3.05) is 38.3 Å². The normalized spacial score (nSPS) is 14.7. The molecule has 0 spiro atoms. The summed E-state index contributed by atoms with van der Waals surface area (Å²) in [4.78, 5) is 11.2. The minimum atomic E-state index is 0.0968. The monoisotopic (exact) mass is 383 g/mol. The lowest BCUT2D eigenvalue weighted by atomic mass is 10.1. The highest BCUT2D eigenvalue weighted by Crippen LogP contribution is 2.29. The van der Waals surface area contributed by atoms with Crippen LogP contribution in [-0.4, -0.2) is 59.3 Å². The van der Waals surface area contributed by atoms with Crippen LogP contribution in [-0.2, 0) is 4.74 Å². The van der Waals surface area contributed by atoms with E-state index >= 15 is 0 Å². The Morgan fingerprint density at radius 2 is 1.82 bits per heavy atom. The predicted octanol–water partition coefficient (Wildman–Crippen LogP) is 2.76. The van der Waals surface area contributed by atoms with E-state index in [9.17, 15) is 0 Å². The van der Waals surface area contributed by atoms with Gasteiger partial charge in [-0.05, 0) is 32.4 Å². The quantitative estimate of drug-likeness (QED) is 0.671. The van der Waals surface area contributed by atoms with E-state index in [1.54, 1.807) is 11.8 Å². The van der Waals surface area contributed by atoms with Crippen LogP contribution < -0.4 is 14.4 Å². The molecule has 3 heterocycles. The van der Waals surface area contributed by atoms with Crippen molar-refractivity contribution in [2.24, 2.45) is 0 Å². The minimum absolute atomic E-state index is 0.0968. The largest absolute Gasteiger partial charge is 0.491 e. The maximum absolute atomic E-state index is 5.96. The Balaban J connectivity index is 1.80. The molecule has 8 heteroatoms. The number of morpholine rings is 1. The van der Waals surface area contributed by atoms with Crippen molar-refractivity contribution < 1.29 is 14.2 Å². The summed E-state index contributed by atoms with van der Waals surface area (Å²) in [7, 11) is 1.57. The molecule has 0 unspecified atom stereocenters. The van der Waals surface area contributed by atoms with Crippen LogP contribution >= 0.6 is 0 Å². The molecular formula is C20H25N5O3. The van der Waals surface area contributed by atoms with Gasteiger partial charge in [-0.25, -0.2) is 4.68 Å². The fraction of sp³-hybridized carbons (Fsp3) is 0.450. The Bertz CT molecular complexity index is 979. The van der Waals surface area contributed by atoms with Crippen LogP contribution in [0.1, 0.15) is 19.4 Å². The van der Waals surface area contributed by atoms with E-state index in [4.69, 9.17) is 14.2 Å². The van der Waals surface area contributed by atoms with Crippen LogP contribution in [0.5, 0.6) is 11.8 Å². The molecule has 3 aromatic rings. The summed E-state index contributed by atoms with van der Waals surface area (Å²) < 4.78 is 18.6. The molecular weight excluding hydrogens is 358 g/mol. The molecule has 0 amide bonds. The summed E-state index contributed by atoms with van der Waals surface area (Å²) in [5.74, 6) is 2.31. The van der Waals surface area contributed by atoms with Crippen molar-refractivity contribution >= 4 is 16.7 Å². The van der Waals surface area contributed by atoms with Gasteiger partial charge in [0.1, 0.15) is 11.6 Å². The van der Waals surface area contributed by atoms with Gasteiger partial charge in [0.15, 0.2) is 5.82 Å². The zero-order valence-electron chi connectivity index (χ0n) is 16.7. The number of benzene rings is 1. The average molecular weight is 383 g/mol. The summed E-state index contributed by atoms with van der Waals surface area (Å²) in [6.45, 7) is 9.01. The van der Waals surface area contributed by atoms with E-state index in [1.165, 1.54) is 0 Å². The lowest BCUT2D eigenvalue weighted by molar-refractivity contribution is 0.122. The zero-order chi connectivity index (χ0) is 19.7. The number of aryl methyl sites for hydroxylation is 1. The first-order valence-electron chi connectivity index (χ1n) is 9.46. The topological polar surface area (TPSA) is 74.5 Å². The Kier molecular flexibility index (Phi) is 5.04. The van der Waals surface area contributed by atoms with Crippen LogP contribution in [0.2, 0.25) is 0 Å². The zero-order valence-corrected chi connectivity index (χ0v) is 16.7. The van der Waals surface area contributed by atoms with Gasteiger partial charge >= 0.3 is 6.01 Å². The van der Waals surface area contributed by atoms with E-state index in [1.807, 2.05) is 39.1 Å². The van der Waals surface area contributed by atoms with Crippen molar-refractivity contribution in [2.45, 2.75) is 26.9 Å². The summed E-state index contributed by atoms with van der Waals surface area (Å²) in [5, 5.41) is 5.59. The fourth-order valence-electron chi connectivity index (χ4n) is 3.29. The number of hydrogen-bond acceptors (Lipinski definition) is 7. The van der Waals surface area contributed by atoms with Crippen molar-refractivity contribution in [3.63, 3.8) is 0 Å². The number of methoxy groups -OCH3 is 1. The number of hydrogen-bond donors (Lipinski definition) is 0. The number of nitrogens with zero attached hydrogens (tertiary/aromatic N) is 5. The van der Waals surface area contributed by atoms with Crippen molar-refractivity contribution in [3.05, 3.63) is 30.0 Å². The van der Waals surface area contributed by atoms with Crippen molar-refractivity contribution in [1.29, 1.82) is 0 Å². The van der Waals surface area contributed by atoms with Crippen molar-refractivity contribution in [1.82, 2.24) is 19.7 Å². The summed E-state index contributed by atoms with van der Waals surface area (Å²) in [5.41, 5.74) is 2.00. The first kappa shape index (κ1) is 18.5. The molecule has 0 bridgehead atoms. The van der Waals surface area contributed by atoms with E-state index < -0.39 is 0 Å². The molecule has 0 N–H and O–H groups in total. The van der Waals surface area contributed by atoms with Crippen LogP contribution in [0.25, 0.3) is 16.7 Å². The van der Waals surface area contributed by atoms with Gasteiger partial charge in [-0.15, -0.1) is 0 Å². The number of aromatic nitrogens is 4. The number of fused-ring (bicyclic) bond motifs is 1. The molecule has 1 aliphatic rings. The van der Waals surface area contributed by atoms with E-state index in [-0.39, 0.29) is 6.10 Å². The fourth-order valence-corrected chi connectivity index (χ4v) is 3.29. The SMILES string of the molecule is COc1nc(N2CCOCC2)cc(-n2ncc3cc(C)c(OC(C)C)cc32)n1.